The Morgan fingerprint density at radius 2 is 1.86 bits per heavy atom. The largest absolute Gasteiger partial charge is 0.491 e. The van der Waals surface area contributed by atoms with E-state index in [9.17, 15) is 18.3 Å². The molecule has 1 saturated heterocycles. The fourth-order valence-corrected chi connectivity index (χ4v) is 6.34. The first-order valence-electron chi connectivity index (χ1n) is 12.2. The first kappa shape index (κ1) is 25.0. The average Bonchev–Trinajstić information content (AvgIpc) is 3.52. The number of piperidine rings is 1. The predicted octanol–water partition coefficient (Wildman–Crippen LogP) is 4.74. The molecule has 1 aliphatic rings. The Balaban J connectivity index is 1.37. The normalized spacial score (nSPS) is 15.4. The van der Waals surface area contributed by atoms with Crippen molar-refractivity contribution in [3.63, 3.8) is 0 Å². The second kappa shape index (κ2) is 10.0. The number of sulfonamides is 1. The van der Waals surface area contributed by atoms with E-state index in [4.69, 9.17) is 14.1 Å². The number of aliphatic carboxylic acids is 1. The number of rotatable bonds is 8. The lowest BCUT2D eigenvalue weighted by Gasteiger charge is -2.31. The molecule has 4 aromatic rings. The number of ether oxygens (including phenoxy) is 1. The first-order valence-corrected chi connectivity index (χ1v) is 13.7. The topological polar surface area (TPSA) is 115 Å². The molecular formula is C27H29N3O6S. The number of nitrogens with zero attached hydrogens (tertiary/aromatic N) is 3. The molecule has 0 aliphatic carbocycles. The molecule has 194 valence electrons. The van der Waals surface area contributed by atoms with Crippen LogP contribution in [0.3, 0.4) is 0 Å². The minimum absolute atomic E-state index is 0.00960. The summed E-state index contributed by atoms with van der Waals surface area (Å²) in [7, 11) is -3.62. The van der Waals surface area contributed by atoms with E-state index >= 15 is 0 Å². The summed E-state index contributed by atoms with van der Waals surface area (Å²) in [6.07, 6.45) is 6.29. The van der Waals surface area contributed by atoms with E-state index in [1.54, 1.807) is 47.4 Å². The van der Waals surface area contributed by atoms with Gasteiger partial charge in [0, 0.05) is 30.2 Å². The van der Waals surface area contributed by atoms with E-state index in [0.717, 1.165) is 16.5 Å². The van der Waals surface area contributed by atoms with E-state index in [-0.39, 0.29) is 23.5 Å². The van der Waals surface area contributed by atoms with Gasteiger partial charge in [-0.1, -0.05) is 0 Å². The number of aromatic nitrogens is 2. The maximum absolute atomic E-state index is 13.2. The minimum Gasteiger partial charge on any atom is -0.491 e. The van der Waals surface area contributed by atoms with Gasteiger partial charge in [0.05, 0.1) is 29.2 Å². The summed E-state index contributed by atoms with van der Waals surface area (Å²) in [6, 6.07) is 12.2. The average molecular weight is 524 g/mol. The fraction of sp³-hybridized carbons (Fsp3) is 0.333. The standard InChI is InChI=1S/C27H29N3O6S/c1-18(2)36-21-3-5-22(6-4-21)37(33,34)30-12-9-19(10-13-30)24-15-29(16-26(31)32)27-23(24)7-8-25(28-27)20-11-14-35-17-20/h3-8,11,14-15,17-19H,9-10,12-13,16H2,1-2H3,(H,31,32). The molecule has 0 bridgehead atoms. The van der Waals surface area contributed by atoms with Gasteiger partial charge in [-0.3, -0.25) is 4.79 Å². The third kappa shape index (κ3) is 5.12. The van der Waals surface area contributed by atoms with Crippen molar-refractivity contribution < 1.29 is 27.5 Å². The molecule has 4 heterocycles. The summed E-state index contributed by atoms with van der Waals surface area (Å²) in [4.78, 5) is 16.5. The third-order valence-corrected chi connectivity index (χ3v) is 8.52. The van der Waals surface area contributed by atoms with Gasteiger partial charge in [0.2, 0.25) is 10.0 Å². The van der Waals surface area contributed by atoms with Gasteiger partial charge in [-0.2, -0.15) is 4.31 Å². The highest BCUT2D eigenvalue weighted by Crippen LogP contribution is 2.36. The summed E-state index contributed by atoms with van der Waals surface area (Å²) in [6.45, 7) is 4.39. The lowest BCUT2D eigenvalue weighted by Crippen LogP contribution is -2.37. The van der Waals surface area contributed by atoms with Crippen molar-refractivity contribution in [3.8, 4) is 17.0 Å². The van der Waals surface area contributed by atoms with Crippen LogP contribution in [0.4, 0.5) is 0 Å². The molecule has 9 nitrogen and oxygen atoms in total. The van der Waals surface area contributed by atoms with E-state index in [1.165, 1.54) is 4.31 Å². The van der Waals surface area contributed by atoms with Crippen LogP contribution in [-0.4, -0.2) is 52.5 Å². The zero-order valence-corrected chi connectivity index (χ0v) is 21.5. The van der Waals surface area contributed by atoms with Crippen LogP contribution in [0.25, 0.3) is 22.3 Å². The Bertz CT molecular complexity index is 1500. The van der Waals surface area contributed by atoms with Gasteiger partial charge < -0.3 is 18.8 Å². The SMILES string of the molecule is CC(C)Oc1ccc(S(=O)(=O)N2CCC(c3cn(CC(=O)O)c4nc(-c5ccoc5)ccc34)CC2)cc1. The van der Waals surface area contributed by atoms with Crippen molar-refractivity contribution in [1.82, 2.24) is 13.9 Å². The van der Waals surface area contributed by atoms with E-state index in [2.05, 4.69) is 0 Å². The van der Waals surface area contributed by atoms with Crippen molar-refractivity contribution in [2.75, 3.05) is 13.1 Å². The zero-order valence-electron chi connectivity index (χ0n) is 20.7. The van der Waals surface area contributed by atoms with Crippen LogP contribution >= 0.6 is 0 Å². The number of hydrogen-bond donors (Lipinski definition) is 1. The number of carboxylic acids is 1. The van der Waals surface area contributed by atoms with Crippen LogP contribution in [0.1, 0.15) is 38.2 Å². The molecule has 10 heteroatoms. The monoisotopic (exact) mass is 523 g/mol. The molecule has 0 amide bonds. The van der Waals surface area contributed by atoms with Gasteiger partial charge in [-0.05, 0) is 80.6 Å². The van der Waals surface area contributed by atoms with Crippen molar-refractivity contribution in [1.29, 1.82) is 0 Å². The Morgan fingerprint density at radius 3 is 2.49 bits per heavy atom. The Kier molecular flexibility index (Phi) is 6.78. The van der Waals surface area contributed by atoms with Gasteiger partial charge in [-0.25, -0.2) is 13.4 Å². The first-order chi connectivity index (χ1) is 17.7. The van der Waals surface area contributed by atoms with Crippen LogP contribution in [0, 0.1) is 0 Å². The van der Waals surface area contributed by atoms with Gasteiger partial charge in [-0.15, -0.1) is 0 Å². The van der Waals surface area contributed by atoms with E-state index in [0.29, 0.717) is 43.0 Å². The Morgan fingerprint density at radius 1 is 1.14 bits per heavy atom. The van der Waals surface area contributed by atoms with Gasteiger partial charge in [0.25, 0.3) is 0 Å². The molecule has 5 rings (SSSR count). The molecule has 1 fully saturated rings. The minimum atomic E-state index is -3.62. The predicted molar refractivity (Wildman–Crippen MR) is 138 cm³/mol. The van der Waals surface area contributed by atoms with Crippen molar-refractivity contribution in [2.45, 2.75) is 50.2 Å². The molecule has 0 spiro atoms. The number of pyridine rings is 1. The zero-order chi connectivity index (χ0) is 26.2. The highest BCUT2D eigenvalue weighted by Gasteiger charge is 2.31. The van der Waals surface area contributed by atoms with Crippen molar-refractivity contribution in [2.24, 2.45) is 0 Å². The molecule has 37 heavy (non-hydrogen) atoms. The van der Waals surface area contributed by atoms with Crippen LogP contribution in [0.15, 0.2) is 70.5 Å². The van der Waals surface area contributed by atoms with Crippen molar-refractivity contribution in [3.05, 3.63) is 66.8 Å². The van der Waals surface area contributed by atoms with Crippen LogP contribution < -0.4 is 4.74 Å². The second-order valence-corrected chi connectivity index (χ2v) is 11.4. The smallest absolute Gasteiger partial charge is 0.323 e. The summed E-state index contributed by atoms with van der Waals surface area (Å²) in [5.41, 5.74) is 3.10. The maximum atomic E-state index is 13.2. The third-order valence-electron chi connectivity index (χ3n) is 6.60. The van der Waals surface area contributed by atoms with Gasteiger partial charge in [0.15, 0.2) is 0 Å². The van der Waals surface area contributed by atoms with E-state index < -0.39 is 16.0 Å². The fourth-order valence-electron chi connectivity index (χ4n) is 4.87. The molecular weight excluding hydrogens is 494 g/mol. The molecule has 0 unspecified atom stereocenters. The number of fused-ring (bicyclic) bond motifs is 1. The summed E-state index contributed by atoms with van der Waals surface area (Å²) in [5, 5.41) is 10.3. The van der Waals surface area contributed by atoms with Crippen LogP contribution in [0.5, 0.6) is 5.75 Å². The van der Waals surface area contributed by atoms with Crippen LogP contribution in [-0.2, 0) is 21.4 Å². The summed E-state index contributed by atoms with van der Waals surface area (Å²) < 4.78 is 40.5. The quantitative estimate of drug-likeness (QED) is 0.355. The highest BCUT2D eigenvalue weighted by molar-refractivity contribution is 7.89. The molecule has 1 aliphatic heterocycles. The lowest BCUT2D eigenvalue weighted by atomic mass is 9.90. The maximum Gasteiger partial charge on any atom is 0.323 e. The Hall–Kier alpha value is -3.63. The number of benzene rings is 1. The van der Waals surface area contributed by atoms with E-state index in [1.807, 2.05) is 32.2 Å². The second-order valence-electron chi connectivity index (χ2n) is 9.50. The lowest BCUT2D eigenvalue weighted by molar-refractivity contribution is -0.137. The summed E-state index contributed by atoms with van der Waals surface area (Å²) >= 11 is 0. The molecule has 1 N–H and O–H groups in total. The number of carbonyl (C=O) groups is 1. The molecule has 1 aromatic carbocycles. The highest BCUT2D eigenvalue weighted by atomic mass is 32.2. The van der Waals surface area contributed by atoms with Crippen molar-refractivity contribution >= 4 is 27.0 Å². The number of carboxylic acid groups (broad SMARTS) is 1. The Labute approximate surface area is 215 Å². The molecule has 0 atom stereocenters. The van der Waals surface area contributed by atoms with Gasteiger partial charge >= 0.3 is 5.97 Å². The molecule has 0 saturated carbocycles. The number of hydrogen-bond acceptors (Lipinski definition) is 6. The molecule has 3 aromatic heterocycles. The molecule has 0 radical (unpaired) electrons. The number of furan rings is 1. The van der Waals surface area contributed by atoms with Crippen LogP contribution in [0.2, 0.25) is 0 Å². The summed E-state index contributed by atoms with van der Waals surface area (Å²) in [5.74, 6) is -0.230. The van der Waals surface area contributed by atoms with Gasteiger partial charge in [0.1, 0.15) is 17.9 Å².